The predicted octanol–water partition coefficient (Wildman–Crippen LogP) is 4.61. The third-order valence-corrected chi connectivity index (χ3v) is 3.29. The molecule has 0 aliphatic rings. The number of nitrogens with two attached hydrogens (primary N) is 1. The minimum absolute atomic E-state index is 0.182. The van der Waals surface area contributed by atoms with Crippen LogP contribution in [0.3, 0.4) is 0 Å². The van der Waals surface area contributed by atoms with Crippen LogP contribution in [0.1, 0.15) is 11.1 Å². The minimum atomic E-state index is -4.35. The number of alkyl halides is 3. The Balaban J connectivity index is 1.75. The van der Waals surface area contributed by atoms with Crippen molar-refractivity contribution >= 4 is 16.7 Å². The van der Waals surface area contributed by atoms with Crippen molar-refractivity contribution in [2.24, 2.45) is 0 Å². The molecule has 0 atom stereocenters. The van der Waals surface area contributed by atoms with Crippen molar-refractivity contribution in [3.05, 3.63) is 59.9 Å². The van der Waals surface area contributed by atoms with Gasteiger partial charge in [0.15, 0.2) is 5.58 Å². The van der Waals surface area contributed by atoms with E-state index in [4.69, 9.17) is 14.9 Å². The van der Waals surface area contributed by atoms with Crippen molar-refractivity contribution < 1.29 is 22.3 Å². The maximum atomic E-state index is 12.5. The molecule has 0 saturated heterocycles. The van der Waals surface area contributed by atoms with Gasteiger partial charge in [0, 0.05) is 10.9 Å². The maximum absolute atomic E-state index is 12.5. The van der Waals surface area contributed by atoms with Crippen molar-refractivity contribution in [2.75, 3.05) is 5.73 Å². The van der Waals surface area contributed by atoms with Gasteiger partial charge in [0.05, 0.1) is 17.5 Å². The lowest BCUT2D eigenvalue weighted by Gasteiger charge is -2.08. The van der Waals surface area contributed by atoms with E-state index in [1.807, 2.05) is 6.07 Å². The average Bonchev–Trinajstić information content (AvgIpc) is 2.89. The van der Waals surface area contributed by atoms with Crippen LogP contribution in [0.4, 0.5) is 18.9 Å². The van der Waals surface area contributed by atoms with Gasteiger partial charge in [-0.25, -0.2) is 0 Å². The van der Waals surface area contributed by atoms with E-state index in [0.717, 1.165) is 23.1 Å². The van der Waals surface area contributed by atoms with Gasteiger partial charge in [-0.2, -0.15) is 13.2 Å². The predicted molar refractivity (Wildman–Crippen MR) is 76.4 cm³/mol. The van der Waals surface area contributed by atoms with Gasteiger partial charge >= 0.3 is 6.18 Å². The molecule has 1 aromatic heterocycles. The van der Waals surface area contributed by atoms with E-state index < -0.39 is 11.7 Å². The van der Waals surface area contributed by atoms with Crippen molar-refractivity contribution in [2.45, 2.75) is 12.8 Å². The van der Waals surface area contributed by atoms with Crippen LogP contribution in [-0.2, 0) is 12.8 Å². The Hall–Kier alpha value is -2.63. The van der Waals surface area contributed by atoms with Crippen LogP contribution < -0.4 is 10.5 Å². The summed E-state index contributed by atoms with van der Waals surface area (Å²) in [4.78, 5) is 0. The molecular weight excluding hydrogens is 295 g/mol. The topological polar surface area (TPSA) is 48.4 Å². The highest BCUT2D eigenvalue weighted by Crippen LogP contribution is 2.31. The highest BCUT2D eigenvalue weighted by Gasteiger charge is 2.30. The molecule has 2 aromatic carbocycles. The molecule has 0 amide bonds. The van der Waals surface area contributed by atoms with E-state index in [1.165, 1.54) is 18.4 Å². The van der Waals surface area contributed by atoms with E-state index in [9.17, 15) is 13.2 Å². The normalized spacial score (nSPS) is 11.8. The summed E-state index contributed by atoms with van der Waals surface area (Å²) < 4.78 is 48.3. The number of nitrogen functional groups attached to an aromatic ring is 1. The van der Waals surface area contributed by atoms with Gasteiger partial charge in [0.25, 0.3) is 0 Å². The Morgan fingerprint density at radius 1 is 1.05 bits per heavy atom. The minimum Gasteiger partial charge on any atom is -0.489 e. The van der Waals surface area contributed by atoms with Crippen LogP contribution in [0.25, 0.3) is 11.0 Å². The van der Waals surface area contributed by atoms with Gasteiger partial charge in [0.1, 0.15) is 12.4 Å². The summed E-state index contributed by atoms with van der Waals surface area (Å²) in [6, 6.07) is 9.93. The first-order valence-corrected chi connectivity index (χ1v) is 6.50. The molecule has 0 bridgehead atoms. The summed E-state index contributed by atoms with van der Waals surface area (Å²) in [5, 5.41) is 0.826. The number of benzene rings is 2. The molecule has 0 saturated carbocycles. The van der Waals surface area contributed by atoms with E-state index in [-0.39, 0.29) is 6.61 Å². The summed E-state index contributed by atoms with van der Waals surface area (Å²) in [5.41, 5.74) is 6.97. The van der Waals surface area contributed by atoms with Gasteiger partial charge in [-0.3, -0.25) is 0 Å². The van der Waals surface area contributed by atoms with Gasteiger partial charge in [-0.05, 0) is 30.3 Å². The molecule has 0 spiro atoms. The van der Waals surface area contributed by atoms with E-state index in [2.05, 4.69) is 0 Å². The third kappa shape index (κ3) is 2.72. The van der Waals surface area contributed by atoms with Gasteiger partial charge < -0.3 is 14.9 Å². The molecule has 1 heterocycles. The molecule has 22 heavy (non-hydrogen) atoms. The lowest BCUT2D eigenvalue weighted by Crippen LogP contribution is -2.04. The van der Waals surface area contributed by atoms with Crippen molar-refractivity contribution in [3.63, 3.8) is 0 Å². The third-order valence-electron chi connectivity index (χ3n) is 3.29. The van der Waals surface area contributed by atoms with Crippen molar-refractivity contribution in [1.82, 2.24) is 0 Å². The van der Waals surface area contributed by atoms with Crippen LogP contribution in [0.2, 0.25) is 0 Å². The molecule has 0 fully saturated rings. The highest BCUT2D eigenvalue weighted by molar-refractivity contribution is 5.90. The monoisotopic (exact) mass is 307 g/mol. The smallest absolute Gasteiger partial charge is 0.416 e. The first kappa shape index (κ1) is 14.3. The first-order chi connectivity index (χ1) is 10.4. The fourth-order valence-electron chi connectivity index (χ4n) is 2.15. The molecule has 2 N–H and O–H groups in total. The van der Waals surface area contributed by atoms with Gasteiger partial charge in [0.2, 0.25) is 0 Å². The van der Waals surface area contributed by atoms with Crippen LogP contribution >= 0.6 is 0 Å². The summed E-state index contributed by atoms with van der Waals surface area (Å²) in [7, 11) is 0. The Kier molecular flexibility index (Phi) is 3.44. The van der Waals surface area contributed by atoms with E-state index in [1.54, 1.807) is 12.1 Å². The fourth-order valence-corrected chi connectivity index (χ4v) is 2.15. The number of furan rings is 1. The Morgan fingerprint density at radius 2 is 1.77 bits per heavy atom. The van der Waals surface area contributed by atoms with Gasteiger partial charge in [-0.1, -0.05) is 12.1 Å². The number of ether oxygens (including phenoxy) is 1. The summed E-state index contributed by atoms with van der Waals surface area (Å²) in [6.07, 6.45) is -2.82. The number of rotatable bonds is 3. The largest absolute Gasteiger partial charge is 0.489 e. The molecular formula is C16H12F3NO2. The molecule has 114 valence electrons. The standard InChI is InChI=1S/C16H12F3NO2/c17-16(18,19)11-4-6-12(7-5-11)21-8-10-9-22-15-13(10)2-1-3-14(15)20/h1-7,9H,8,20H2. The molecule has 0 aliphatic carbocycles. The Bertz CT molecular complexity index is 791. The summed E-state index contributed by atoms with van der Waals surface area (Å²) in [5.74, 6) is 0.353. The Labute approximate surface area is 124 Å². The zero-order valence-electron chi connectivity index (χ0n) is 11.4. The number of halogens is 3. The summed E-state index contributed by atoms with van der Waals surface area (Å²) >= 11 is 0. The molecule has 3 aromatic rings. The second-order valence-electron chi connectivity index (χ2n) is 4.80. The second-order valence-corrected chi connectivity index (χ2v) is 4.80. The zero-order valence-corrected chi connectivity index (χ0v) is 11.4. The molecule has 3 nitrogen and oxygen atoms in total. The second kappa shape index (κ2) is 5.29. The van der Waals surface area contributed by atoms with Crippen molar-refractivity contribution in [1.29, 1.82) is 0 Å². The van der Waals surface area contributed by atoms with Crippen LogP contribution in [-0.4, -0.2) is 0 Å². The maximum Gasteiger partial charge on any atom is 0.416 e. The lowest BCUT2D eigenvalue weighted by atomic mass is 10.1. The number of anilines is 1. The Morgan fingerprint density at radius 3 is 2.45 bits per heavy atom. The average molecular weight is 307 g/mol. The van der Waals surface area contributed by atoms with Gasteiger partial charge in [-0.15, -0.1) is 0 Å². The molecule has 0 aliphatic heterocycles. The first-order valence-electron chi connectivity index (χ1n) is 6.50. The zero-order chi connectivity index (χ0) is 15.7. The fraction of sp³-hybridized carbons (Fsp3) is 0.125. The van der Waals surface area contributed by atoms with Crippen LogP contribution in [0, 0.1) is 0 Å². The number of hydrogen-bond acceptors (Lipinski definition) is 3. The summed E-state index contributed by atoms with van der Waals surface area (Å²) in [6.45, 7) is 0.182. The van der Waals surface area contributed by atoms with E-state index >= 15 is 0 Å². The highest BCUT2D eigenvalue weighted by atomic mass is 19.4. The molecule has 6 heteroatoms. The number of hydrogen-bond donors (Lipinski definition) is 1. The quantitative estimate of drug-likeness (QED) is 0.719. The number of fused-ring (bicyclic) bond motifs is 1. The van der Waals surface area contributed by atoms with Crippen LogP contribution in [0.5, 0.6) is 5.75 Å². The van der Waals surface area contributed by atoms with Crippen molar-refractivity contribution in [3.8, 4) is 5.75 Å². The lowest BCUT2D eigenvalue weighted by molar-refractivity contribution is -0.137. The van der Waals surface area contributed by atoms with E-state index in [0.29, 0.717) is 17.0 Å². The SMILES string of the molecule is Nc1cccc2c(COc3ccc(C(F)(F)F)cc3)coc12. The molecule has 0 radical (unpaired) electrons. The molecule has 0 unspecified atom stereocenters. The van der Waals surface area contributed by atoms with Crippen LogP contribution in [0.15, 0.2) is 53.1 Å². The number of para-hydroxylation sites is 1. The molecule has 3 rings (SSSR count).